The molecule has 1 aromatic heterocycles. The van der Waals surface area contributed by atoms with E-state index in [1.54, 1.807) is 0 Å². The molecule has 5 nitrogen and oxygen atoms in total. The topological polar surface area (TPSA) is 60.2 Å². The zero-order chi connectivity index (χ0) is 13.6. The van der Waals surface area contributed by atoms with E-state index in [0.717, 1.165) is 19.3 Å². The van der Waals surface area contributed by atoms with E-state index in [4.69, 9.17) is 9.26 Å². The lowest BCUT2D eigenvalue weighted by atomic mass is 10.1. The minimum Gasteiger partial charge on any atom is -0.368 e. The van der Waals surface area contributed by atoms with E-state index >= 15 is 0 Å². The summed E-state index contributed by atoms with van der Waals surface area (Å²) in [5.41, 5.74) is -0.490. The highest BCUT2D eigenvalue weighted by Crippen LogP contribution is 2.21. The monoisotopic (exact) mass is 255 g/mol. The van der Waals surface area contributed by atoms with Crippen LogP contribution in [0.25, 0.3) is 0 Å². The standard InChI is InChI=1S/C13H25N3O2/c1-6-8-10(14-5)9-11-15-12(16-18-11)13(3,4)17-7-2/h10,14H,6-9H2,1-5H3. The Kier molecular flexibility index (Phi) is 5.75. The lowest BCUT2D eigenvalue weighted by Gasteiger charge is -2.19. The zero-order valence-corrected chi connectivity index (χ0v) is 12.1. The quantitative estimate of drug-likeness (QED) is 0.772. The van der Waals surface area contributed by atoms with Gasteiger partial charge in [0.15, 0.2) is 0 Å². The van der Waals surface area contributed by atoms with Gasteiger partial charge in [-0.15, -0.1) is 0 Å². The van der Waals surface area contributed by atoms with Crippen LogP contribution in [0.1, 0.15) is 52.3 Å². The normalized spacial score (nSPS) is 13.8. The molecule has 0 amide bonds. The van der Waals surface area contributed by atoms with Crippen LogP contribution in [0.15, 0.2) is 4.52 Å². The summed E-state index contributed by atoms with van der Waals surface area (Å²) in [4.78, 5) is 4.43. The highest BCUT2D eigenvalue weighted by atomic mass is 16.5. The van der Waals surface area contributed by atoms with E-state index in [9.17, 15) is 0 Å². The molecule has 5 heteroatoms. The minimum absolute atomic E-state index is 0.388. The van der Waals surface area contributed by atoms with Gasteiger partial charge >= 0.3 is 0 Å². The Labute approximate surface area is 109 Å². The van der Waals surface area contributed by atoms with Crippen molar-refractivity contribution in [2.45, 2.75) is 58.6 Å². The van der Waals surface area contributed by atoms with Crippen molar-refractivity contribution < 1.29 is 9.26 Å². The first-order valence-electron chi connectivity index (χ1n) is 6.67. The fourth-order valence-corrected chi connectivity index (χ4v) is 1.92. The Hall–Kier alpha value is -0.940. The van der Waals surface area contributed by atoms with Crippen molar-refractivity contribution in [2.75, 3.05) is 13.7 Å². The molecule has 18 heavy (non-hydrogen) atoms. The summed E-state index contributed by atoms with van der Waals surface area (Å²) in [7, 11) is 1.96. The Morgan fingerprint density at radius 2 is 2.11 bits per heavy atom. The summed E-state index contributed by atoms with van der Waals surface area (Å²) in [6.45, 7) is 8.66. The molecule has 1 atom stereocenters. The summed E-state index contributed by atoms with van der Waals surface area (Å²) in [6.07, 6.45) is 3.00. The van der Waals surface area contributed by atoms with Crippen molar-refractivity contribution in [3.8, 4) is 0 Å². The Morgan fingerprint density at radius 3 is 2.67 bits per heavy atom. The van der Waals surface area contributed by atoms with E-state index in [2.05, 4.69) is 22.4 Å². The molecule has 0 aromatic carbocycles. The van der Waals surface area contributed by atoms with Crippen LogP contribution in [-0.4, -0.2) is 29.8 Å². The number of aromatic nitrogens is 2. The molecule has 0 radical (unpaired) electrons. The molecule has 1 heterocycles. The molecule has 1 rings (SSSR count). The molecule has 0 aliphatic carbocycles. The molecule has 0 aliphatic heterocycles. The van der Waals surface area contributed by atoms with Crippen molar-refractivity contribution in [1.82, 2.24) is 15.5 Å². The van der Waals surface area contributed by atoms with Crippen LogP contribution in [0.4, 0.5) is 0 Å². The van der Waals surface area contributed by atoms with Gasteiger partial charge in [-0.05, 0) is 34.2 Å². The van der Waals surface area contributed by atoms with Crippen LogP contribution in [0.2, 0.25) is 0 Å². The van der Waals surface area contributed by atoms with Crippen molar-refractivity contribution in [2.24, 2.45) is 0 Å². The third kappa shape index (κ3) is 4.07. The maximum atomic E-state index is 5.61. The fraction of sp³-hybridized carbons (Fsp3) is 0.846. The van der Waals surface area contributed by atoms with Gasteiger partial charge in [-0.25, -0.2) is 0 Å². The summed E-state index contributed by atoms with van der Waals surface area (Å²) in [5.74, 6) is 1.29. The molecular weight excluding hydrogens is 230 g/mol. The van der Waals surface area contributed by atoms with Crippen molar-refractivity contribution >= 4 is 0 Å². The van der Waals surface area contributed by atoms with Crippen LogP contribution in [-0.2, 0) is 16.8 Å². The second kappa shape index (κ2) is 6.85. The van der Waals surface area contributed by atoms with Gasteiger partial charge in [0, 0.05) is 19.1 Å². The van der Waals surface area contributed by atoms with Gasteiger partial charge in [-0.1, -0.05) is 18.5 Å². The predicted molar refractivity (Wildman–Crippen MR) is 70.4 cm³/mol. The highest BCUT2D eigenvalue weighted by Gasteiger charge is 2.27. The molecule has 0 saturated heterocycles. The van der Waals surface area contributed by atoms with E-state index in [1.807, 2.05) is 27.8 Å². The van der Waals surface area contributed by atoms with E-state index in [1.165, 1.54) is 0 Å². The molecule has 104 valence electrons. The van der Waals surface area contributed by atoms with Crippen LogP contribution >= 0.6 is 0 Å². The Morgan fingerprint density at radius 1 is 1.39 bits per heavy atom. The van der Waals surface area contributed by atoms with E-state index < -0.39 is 5.60 Å². The number of hydrogen-bond acceptors (Lipinski definition) is 5. The summed E-state index contributed by atoms with van der Waals surface area (Å²) in [5, 5.41) is 7.28. The smallest absolute Gasteiger partial charge is 0.228 e. The number of nitrogens with zero attached hydrogens (tertiary/aromatic N) is 2. The van der Waals surface area contributed by atoms with Crippen molar-refractivity contribution in [3.63, 3.8) is 0 Å². The van der Waals surface area contributed by atoms with Gasteiger partial charge in [0.05, 0.1) is 0 Å². The highest BCUT2D eigenvalue weighted by molar-refractivity contribution is 4.98. The second-order valence-electron chi connectivity index (χ2n) is 4.93. The molecule has 1 aromatic rings. The van der Waals surface area contributed by atoms with Crippen molar-refractivity contribution in [3.05, 3.63) is 11.7 Å². The zero-order valence-electron chi connectivity index (χ0n) is 12.1. The third-order valence-corrected chi connectivity index (χ3v) is 2.98. The van der Waals surface area contributed by atoms with Crippen molar-refractivity contribution in [1.29, 1.82) is 0 Å². The number of likely N-dealkylation sites (N-methyl/N-ethyl adjacent to an activating group) is 1. The first kappa shape index (κ1) is 15.1. The summed E-state index contributed by atoms with van der Waals surface area (Å²) in [6, 6.07) is 0.388. The number of hydrogen-bond donors (Lipinski definition) is 1. The first-order valence-corrected chi connectivity index (χ1v) is 6.67. The molecule has 0 spiro atoms. The minimum atomic E-state index is -0.490. The molecule has 0 saturated carbocycles. The summed E-state index contributed by atoms with van der Waals surface area (Å²) >= 11 is 0. The first-order chi connectivity index (χ1) is 8.53. The van der Waals surface area contributed by atoms with Crippen LogP contribution in [0, 0.1) is 0 Å². The number of nitrogens with one attached hydrogen (secondary N) is 1. The van der Waals surface area contributed by atoms with Gasteiger partial charge < -0.3 is 14.6 Å². The average molecular weight is 255 g/mol. The lowest BCUT2D eigenvalue weighted by molar-refractivity contribution is -0.0221. The second-order valence-corrected chi connectivity index (χ2v) is 4.93. The van der Waals surface area contributed by atoms with E-state index in [-0.39, 0.29) is 0 Å². The van der Waals surface area contributed by atoms with Crippen LogP contribution in [0.5, 0.6) is 0 Å². The number of ether oxygens (including phenoxy) is 1. The van der Waals surface area contributed by atoms with Crippen LogP contribution < -0.4 is 5.32 Å². The van der Waals surface area contributed by atoms with Gasteiger partial charge in [0.2, 0.25) is 11.7 Å². The molecule has 1 N–H and O–H groups in total. The molecular formula is C13H25N3O2. The summed E-state index contributed by atoms with van der Waals surface area (Å²) < 4.78 is 10.9. The Balaban J connectivity index is 2.68. The lowest BCUT2D eigenvalue weighted by Crippen LogP contribution is -2.27. The molecule has 0 fully saturated rings. The largest absolute Gasteiger partial charge is 0.368 e. The van der Waals surface area contributed by atoms with Crippen LogP contribution in [0.3, 0.4) is 0 Å². The third-order valence-electron chi connectivity index (χ3n) is 2.98. The van der Waals surface area contributed by atoms with Gasteiger partial charge in [0.25, 0.3) is 0 Å². The predicted octanol–water partition coefficient (Wildman–Crippen LogP) is 2.27. The van der Waals surface area contributed by atoms with E-state index in [0.29, 0.717) is 24.4 Å². The SMILES string of the molecule is CCCC(Cc1nc(C(C)(C)OCC)no1)NC. The van der Waals surface area contributed by atoms with Gasteiger partial charge in [-0.3, -0.25) is 0 Å². The van der Waals surface area contributed by atoms with Gasteiger partial charge in [-0.2, -0.15) is 4.98 Å². The molecule has 0 aliphatic rings. The fourth-order valence-electron chi connectivity index (χ4n) is 1.92. The Bertz CT molecular complexity index is 350. The molecule has 0 bridgehead atoms. The maximum Gasteiger partial charge on any atom is 0.228 e. The number of rotatable bonds is 8. The maximum absolute atomic E-state index is 5.61. The molecule has 1 unspecified atom stereocenters. The average Bonchev–Trinajstić information content (AvgIpc) is 2.77. The van der Waals surface area contributed by atoms with Gasteiger partial charge in [0.1, 0.15) is 5.60 Å².